The van der Waals surface area contributed by atoms with Crippen LogP contribution in [-0.2, 0) is 26.6 Å². The number of nitrogens with one attached hydrogen (secondary N) is 2. The third-order valence-corrected chi connectivity index (χ3v) is 10.1. The number of aromatic nitrogens is 1. The minimum Gasteiger partial charge on any atom is -0.366 e. The van der Waals surface area contributed by atoms with Crippen molar-refractivity contribution in [3.05, 3.63) is 59.3 Å². The number of nitrogens with two attached hydrogens (primary N) is 1. The molecule has 9 nitrogen and oxygen atoms in total. The van der Waals surface area contributed by atoms with Crippen LogP contribution in [0.2, 0.25) is 0 Å². The molecule has 1 amide bonds. The number of benzene rings is 2. The molecule has 1 aliphatic heterocycles. The van der Waals surface area contributed by atoms with Gasteiger partial charge in [-0.05, 0) is 67.0 Å². The van der Waals surface area contributed by atoms with Crippen LogP contribution in [0.15, 0.2) is 42.6 Å². The van der Waals surface area contributed by atoms with Crippen LogP contribution in [0.25, 0.3) is 22.0 Å². The fraction of sp³-hybridized carbons (Fsp3) is 0.400. The molecule has 1 aliphatic rings. The van der Waals surface area contributed by atoms with Crippen molar-refractivity contribution >= 4 is 36.9 Å². The van der Waals surface area contributed by atoms with Gasteiger partial charge in [0, 0.05) is 31.2 Å². The summed E-state index contributed by atoms with van der Waals surface area (Å²) in [6.45, 7) is 4.39. The van der Waals surface area contributed by atoms with E-state index in [2.05, 4.69) is 9.71 Å². The number of sulfonamides is 2. The molecule has 1 aromatic heterocycles. The van der Waals surface area contributed by atoms with Crippen molar-refractivity contribution in [1.82, 2.24) is 14.0 Å². The number of rotatable bonds is 9. The molecule has 0 spiro atoms. The van der Waals surface area contributed by atoms with Crippen LogP contribution in [0.1, 0.15) is 54.1 Å². The van der Waals surface area contributed by atoms with Crippen LogP contribution < -0.4 is 10.5 Å². The van der Waals surface area contributed by atoms with Crippen molar-refractivity contribution in [2.45, 2.75) is 39.2 Å². The number of fused-ring (bicyclic) bond motifs is 1. The number of amides is 1. The fourth-order valence-electron chi connectivity index (χ4n) is 4.69. The van der Waals surface area contributed by atoms with Gasteiger partial charge in [-0.25, -0.2) is 25.9 Å². The van der Waals surface area contributed by atoms with Gasteiger partial charge in [0.25, 0.3) is 5.91 Å². The van der Waals surface area contributed by atoms with Crippen LogP contribution in [0, 0.1) is 0 Å². The summed E-state index contributed by atoms with van der Waals surface area (Å²) < 4.78 is 52.0. The van der Waals surface area contributed by atoms with E-state index < -0.39 is 26.0 Å². The number of hydrogen-bond acceptors (Lipinski definition) is 5. The highest BCUT2D eigenvalue weighted by molar-refractivity contribution is 7.89. The molecule has 2 aromatic carbocycles. The van der Waals surface area contributed by atoms with Gasteiger partial charge in [-0.1, -0.05) is 24.3 Å². The summed E-state index contributed by atoms with van der Waals surface area (Å²) in [7, 11) is -6.49. The SMILES string of the molecule is CCS(=O)(=O)NCc1ccc(-c2cc(C(N)=O)c3[nH]cc(C4CCN(S(=O)(=O)CC)CC4)c3c2)cc1. The molecule has 0 bridgehead atoms. The number of carbonyl (C=O) groups excluding carboxylic acids is 1. The maximum absolute atomic E-state index is 12.3. The average molecular weight is 533 g/mol. The number of H-pyrrole nitrogens is 1. The van der Waals surface area contributed by atoms with Gasteiger partial charge in [-0.15, -0.1) is 0 Å². The van der Waals surface area contributed by atoms with Gasteiger partial charge in [0.2, 0.25) is 20.0 Å². The Morgan fingerprint density at radius 2 is 1.69 bits per heavy atom. The molecule has 1 saturated heterocycles. The highest BCUT2D eigenvalue weighted by Crippen LogP contribution is 2.37. The van der Waals surface area contributed by atoms with E-state index in [0.29, 0.717) is 37.0 Å². The first-order chi connectivity index (χ1) is 17.0. The van der Waals surface area contributed by atoms with Crippen LogP contribution in [0.5, 0.6) is 0 Å². The van der Waals surface area contributed by atoms with Gasteiger partial charge in [-0.3, -0.25) is 4.79 Å². The molecule has 0 radical (unpaired) electrons. The lowest BCUT2D eigenvalue weighted by Crippen LogP contribution is -2.38. The molecule has 2 heterocycles. The first-order valence-corrected chi connectivity index (χ1v) is 15.3. The minimum atomic E-state index is -3.28. The second kappa shape index (κ2) is 10.3. The van der Waals surface area contributed by atoms with E-state index >= 15 is 0 Å². The molecule has 36 heavy (non-hydrogen) atoms. The number of piperidine rings is 1. The van der Waals surface area contributed by atoms with Crippen molar-refractivity contribution in [1.29, 1.82) is 0 Å². The zero-order valence-corrected chi connectivity index (χ0v) is 22.1. The highest BCUT2D eigenvalue weighted by Gasteiger charge is 2.29. The third-order valence-electron chi connectivity index (χ3n) is 6.90. The van der Waals surface area contributed by atoms with E-state index in [1.54, 1.807) is 24.2 Å². The maximum atomic E-state index is 12.3. The predicted molar refractivity (Wildman–Crippen MR) is 142 cm³/mol. The van der Waals surface area contributed by atoms with Crippen LogP contribution in [-0.4, -0.2) is 56.6 Å². The lowest BCUT2D eigenvalue weighted by atomic mass is 9.88. The van der Waals surface area contributed by atoms with E-state index in [9.17, 15) is 21.6 Å². The van der Waals surface area contributed by atoms with Crippen molar-refractivity contribution in [2.75, 3.05) is 24.6 Å². The first kappa shape index (κ1) is 26.3. The van der Waals surface area contributed by atoms with Gasteiger partial charge < -0.3 is 10.7 Å². The molecule has 4 N–H and O–H groups in total. The summed E-state index contributed by atoms with van der Waals surface area (Å²) in [4.78, 5) is 15.5. The van der Waals surface area contributed by atoms with E-state index in [4.69, 9.17) is 5.73 Å². The van der Waals surface area contributed by atoms with Crippen molar-refractivity contribution in [3.8, 4) is 11.1 Å². The van der Waals surface area contributed by atoms with E-state index in [1.165, 1.54) is 0 Å². The zero-order chi connectivity index (χ0) is 26.1. The predicted octanol–water partition coefficient (Wildman–Crippen LogP) is 2.90. The molecule has 3 aromatic rings. The molecular formula is C25H32N4O5S2. The number of carbonyl (C=O) groups is 1. The third kappa shape index (κ3) is 5.49. The molecule has 1 fully saturated rings. The second-order valence-electron chi connectivity index (χ2n) is 9.05. The Kier molecular flexibility index (Phi) is 7.56. The topological polar surface area (TPSA) is 142 Å². The normalized spacial score (nSPS) is 15.9. The molecule has 0 unspecified atom stereocenters. The Morgan fingerprint density at radius 1 is 1.03 bits per heavy atom. The molecule has 194 valence electrons. The Hall–Kier alpha value is -2.73. The summed E-state index contributed by atoms with van der Waals surface area (Å²) in [5.41, 5.74) is 10.3. The van der Waals surface area contributed by atoms with Gasteiger partial charge in [0.1, 0.15) is 0 Å². The Morgan fingerprint density at radius 3 is 2.28 bits per heavy atom. The number of primary amides is 1. The molecular weight excluding hydrogens is 500 g/mol. The Bertz CT molecular complexity index is 1470. The van der Waals surface area contributed by atoms with Crippen molar-refractivity contribution in [2.24, 2.45) is 5.73 Å². The van der Waals surface area contributed by atoms with E-state index in [-0.39, 0.29) is 24.0 Å². The number of aromatic amines is 1. The number of hydrogen-bond donors (Lipinski definition) is 3. The molecule has 0 saturated carbocycles. The smallest absolute Gasteiger partial charge is 0.250 e. The van der Waals surface area contributed by atoms with Crippen LogP contribution >= 0.6 is 0 Å². The Balaban J connectivity index is 1.64. The summed E-state index contributed by atoms with van der Waals surface area (Å²) in [6, 6.07) is 11.3. The molecule has 0 atom stereocenters. The number of nitrogens with zero attached hydrogens (tertiary/aromatic N) is 1. The minimum absolute atomic E-state index is 0.0213. The summed E-state index contributed by atoms with van der Waals surface area (Å²) in [5.74, 6) is -0.260. The maximum Gasteiger partial charge on any atom is 0.250 e. The summed E-state index contributed by atoms with van der Waals surface area (Å²) >= 11 is 0. The molecule has 0 aliphatic carbocycles. The Labute approximate surface area is 212 Å². The van der Waals surface area contributed by atoms with Crippen LogP contribution in [0.4, 0.5) is 0 Å². The average Bonchev–Trinajstić information content (AvgIpc) is 3.31. The van der Waals surface area contributed by atoms with Gasteiger partial charge >= 0.3 is 0 Å². The molecule has 11 heteroatoms. The van der Waals surface area contributed by atoms with Gasteiger partial charge in [-0.2, -0.15) is 0 Å². The van der Waals surface area contributed by atoms with Gasteiger partial charge in [0.05, 0.1) is 22.6 Å². The summed E-state index contributed by atoms with van der Waals surface area (Å²) in [5, 5.41) is 0.901. The highest BCUT2D eigenvalue weighted by atomic mass is 32.2. The monoisotopic (exact) mass is 532 g/mol. The second-order valence-corrected chi connectivity index (χ2v) is 13.4. The van der Waals surface area contributed by atoms with Crippen molar-refractivity contribution < 1.29 is 21.6 Å². The van der Waals surface area contributed by atoms with E-state index in [0.717, 1.165) is 27.6 Å². The van der Waals surface area contributed by atoms with Crippen molar-refractivity contribution in [3.63, 3.8) is 0 Å². The standard InChI is InChI=1S/C25H32N4O5S2/c1-3-35(31,32)28-15-17-5-7-18(8-6-17)20-13-21-23(16-27-24(21)22(14-20)25(26)30)19-9-11-29(12-10-19)36(33,34)4-2/h5-8,13-14,16,19,27-28H,3-4,9-12,15H2,1-2H3,(H2,26,30). The van der Waals surface area contributed by atoms with Gasteiger partial charge in [0.15, 0.2) is 0 Å². The first-order valence-electron chi connectivity index (χ1n) is 12.0. The fourth-order valence-corrected chi connectivity index (χ4v) is 6.41. The molecule has 4 rings (SSSR count). The lowest BCUT2D eigenvalue weighted by molar-refractivity contribution is 0.100. The van der Waals surface area contributed by atoms with Crippen LogP contribution in [0.3, 0.4) is 0 Å². The lowest BCUT2D eigenvalue weighted by Gasteiger charge is -2.31. The quantitative estimate of drug-likeness (QED) is 0.388. The van der Waals surface area contributed by atoms with E-state index in [1.807, 2.05) is 36.5 Å². The summed E-state index contributed by atoms with van der Waals surface area (Å²) in [6.07, 6.45) is 3.30. The zero-order valence-electron chi connectivity index (χ0n) is 20.5. The largest absolute Gasteiger partial charge is 0.366 e.